The number of carboxylic acid groups (broad SMARTS) is 1. The number of nitrogens with zero attached hydrogens (tertiary/aromatic N) is 2. The van der Waals surface area contributed by atoms with Crippen LogP contribution in [-0.4, -0.2) is 47.8 Å². The van der Waals surface area contributed by atoms with Gasteiger partial charge < -0.3 is 20.0 Å². The Morgan fingerprint density at radius 2 is 1.72 bits per heavy atom. The van der Waals surface area contributed by atoms with E-state index in [1.54, 1.807) is 31.3 Å². The van der Waals surface area contributed by atoms with E-state index < -0.39 is 6.09 Å². The fourth-order valence-electron chi connectivity index (χ4n) is 1.35. The minimum Gasteiger partial charge on any atom is -0.465 e. The molecule has 18 heavy (non-hydrogen) atoms. The lowest BCUT2D eigenvalue weighted by atomic mass is 10.2. The van der Waals surface area contributed by atoms with E-state index in [0.29, 0.717) is 5.69 Å². The van der Waals surface area contributed by atoms with Crippen LogP contribution in [0, 0.1) is 0 Å². The van der Waals surface area contributed by atoms with Crippen LogP contribution in [-0.2, 0) is 11.4 Å². The molecule has 0 atom stereocenters. The lowest BCUT2D eigenvalue weighted by molar-refractivity contribution is -0.118. The number of hydrogen-bond acceptors (Lipinski definition) is 3. The fourth-order valence-corrected chi connectivity index (χ4v) is 1.35. The molecule has 0 bridgehead atoms. The minimum atomic E-state index is -1.15. The number of amides is 2. The first-order valence-corrected chi connectivity index (χ1v) is 5.36. The third-order valence-corrected chi connectivity index (χ3v) is 2.58. The molecule has 0 unspecified atom stereocenters. The largest absolute Gasteiger partial charge is 0.465 e. The Labute approximate surface area is 105 Å². The molecule has 2 amide bonds. The molecular formula is C12H16N2O4. The maximum atomic E-state index is 11.8. The van der Waals surface area contributed by atoms with Gasteiger partial charge in [-0.1, -0.05) is 12.1 Å². The molecule has 0 heterocycles. The molecule has 6 nitrogen and oxygen atoms in total. The lowest BCUT2D eigenvalue weighted by Gasteiger charge is -2.20. The Balaban J connectivity index is 2.70. The first-order chi connectivity index (χ1) is 8.45. The number of hydrogen-bond donors (Lipinski definition) is 2. The van der Waals surface area contributed by atoms with Gasteiger partial charge in [-0.15, -0.1) is 0 Å². The summed E-state index contributed by atoms with van der Waals surface area (Å²) in [6, 6.07) is 6.81. The summed E-state index contributed by atoms with van der Waals surface area (Å²) in [7, 11) is 2.91. The normalized spacial score (nSPS) is 9.94. The summed E-state index contributed by atoms with van der Waals surface area (Å²) in [5.74, 6) is -0.323. The third kappa shape index (κ3) is 3.46. The highest BCUT2D eigenvalue weighted by Crippen LogP contribution is 2.14. The van der Waals surface area contributed by atoms with Crippen LogP contribution in [0.1, 0.15) is 5.56 Å². The second kappa shape index (κ2) is 6.02. The van der Waals surface area contributed by atoms with Crippen molar-refractivity contribution in [3.63, 3.8) is 0 Å². The SMILES string of the molecule is CN(CC(=O)N(C)c1ccc(CO)cc1)C(=O)O. The number of anilines is 1. The van der Waals surface area contributed by atoms with Crippen molar-refractivity contribution >= 4 is 17.7 Å². The maximum Gasteiger partial charge on any atom is 0.407 e. The molecule has 2 N–H and O–H groups in total. The number of aliphatic hydroxyl groups is 1. The molecule has 0 fully saturated rings. The van der Waals surface area contributed by atoms with Gasteiger partial charge in [0.1, 0.15) is 6.54 Å². The molecule has 0 saturated heterocycles. The van der Waals surface area contributed by atoms with E-state index >= 15 is 0 Å². The van der Waals surface area contributed by atoms with Crippen molar-refractivity contribution in [3.05, 3.63) is 29.8 Å². The van der Waals surface area contributed by atoms with Gasteiger partial charge >= 0.3 is 6.09 Å². The van der Waals surface area contributed by atoms with Crippen LogP contribution in [0.5, 0.6) is 0 Å². The van der Waals surface area contributed by atoms with Crippen LogP contribution in [0.2, 0.25) is 0 Å². The van der Waals surface area contributed by atoms with E-state index in [1.807, 2.05) is 0 Å². The standard InChI is InChI=1S/C12H16N2O4/c1-13(12(17)18)7-11(16)14(2)10-5-3-9(8-15)4-6-10/h3-6,15H,7-8H2,1-2H3,(H,17,18). The molecule has 0 radical (unpaired) electrons. The topological polar surface area (TPSA) is 81.1 Å². The molecule has 0 spiro atoms. The first kappa shape index (κ1) is 14.0. The number of likely N-dealkylation sites (N-methyl/N-ethyl adjacent to an activating group) is 2. The second-order valence-electron chi connectivity index (χ2n) is 3.92. The van der Waals surface area contributed by atoms with Crippen LogP contribution in [0.4, 0.5) is 10.5 Å². The minimum absolute atomic E-state index is 0.0559. The third-order valence-electron chi connectivity index (χ3n) is 2.58. The van der Waals surface area contributed by atoms with Crippen molar-refractivity contribution < 1.29 is 19.8 Å². The second-order valence-corrected chi connectivity index (χ2v) is 3.92. The molecule has 0 aliphatic carbocycles. The summed E-state index contributed by atoms with van der Waals surface area (Å²) in [6.45, 7) is -0.257. The van der Waals surface area contributed by atoms with Crippen molar-refractivity contribution in [2.75, 3.05) is 25.5 Å². The van der Waals surface area contributed by atoms with Crippen LogP contribution >= 0.6 is 0 Å². The first-order valence-electron chi connectivity index (χ1n) is 5.36. The van der Waals surface area contributed by atoms with E-state index in [9.17, 15) is 9.59 Å². The van der Waals surface area contributed by atoms with Gasteiger partial charge in [-0.2, -0.15) is 0 Å². The molecule has 0 aliphatic heterocycles. The zero-order valence-electron chi connectivity index (χ0n) is 10.3. The van der Waals surface area contributed by atoms with Gasteiger partial charge in [-0.3, -0.25) is 4.79 Å². The van der Waals surface area contributed by atoms with Crippen molar-refractivity contribution in [2.24, 2.45) is 0 Å². The van der Waals surface area contributed by atoms with Crippen molar-refractivity contribution in [1.29, 1.82) is 0 Å². The quantitative estimate of drug-likeness (QED) is 0.828. The lowest BCUT2D eigenvalue weighted by Crippen LogP contribution is -2.38. The maximum absolute atomic E-state index is 11.8. The number of rotatable bonds is 4. The van der Waals surface area contributed by atoms with Crippen LogP contribution in [0.3, 0.4) is 0 Å². The zero-order chi connectivity index (χ0) is 13.7. The van der Waals surface area contributed by atoms with Gasteiger partial charge in [0.25, 0.3) is 0 Å². The van der Waals surface area contributed by atoms with Gasteiger partial charge in [-0.05, 0) is 17.7 Å². The molecule has 1 rings (SSSR count). The molecule has 1 aromatic carbocycles. The van der Waals surface area contributed by atoms with Gasteiger partial charge in [-0.25, -0.2) is 4.79 Å². The van der Waals surface area contributed by atoms with Crippen LogP contribution in [0.25, 0.3) is 0 Å². The highest BCUT2D eigenvalue weighted by atomic mass is 16.4. The average Bonchev–Trinajstić information content (AvgIpc) is 2.37. The van der Waals surface area contributed by atoms with Crippen molar-refractivity contribution in [2.45, 2.75) is 6.61 Å². The van der Waals surface area contributed by atoms with Crippen LogP contribution in [0.15, 0.2) is 24.3 Å². The summed E-state index contributed by atoms with van der Waals surface area (Å²) in [5, 5.41) is 17.6. The highest BCUT2D eigenvalue weighted by Gasteiger charge is 2.15. The van der Waals surface area contributed by atoms with Gasteiger partial charge in [0, 0.05) is 19.8 Å². The predicted octanol–water partition coefficient (Wildman–Crippen LogP) is 0.751. The molecule has 0 aromatic heterocycles. The molecule has 98 valence electrons. The Morgan fingerprint density at radius 3 is 2.17 bits per heavy atom. The summed E-state index contributed by atoms with van der Waals surface area (Å²) >= 11 is 0. The summed E-state index contributed by atoms with van der Waals surface area (Å²) in [5.41, 5.74) is 1.40. The van der Waals surface area contributed by atoms with E-state index in [1.165, 1.54) is 11.9 Å². The Kier molecular flexibility index (Phi) is 4.67. The van der Waals surface area contributed by atoms with E-state index in [2.05, 4.69) is 0 Å². The smallest absolute Gasteiger partial charge is 0.407 e. The molecular weight excluding hydrogens is 236 g/mol. The summed E-state index contributed by atoms with van der Waals surface area (Å²) < 4.78 is 0. The Hall–Kier alpha value is -2.08. The predicted molar refractivity (Wildman–Crippen MR) is 66.4 cm³/mol. The van der Waals surface area contributed by atoms with Gasteiger partial charge in [0.2, 0.25) is 5.91 Å². The Morgan fingerprint density at radius 1 is 1.17 bits per heavy atom. The van der Waals surface area contributed by atoms with E-state index in [-0.39, 0.29) is 19.1 Å². The van der Waals surface area contributed by atoms with Gasteiger partial charge in [0.05, 0.1) is 6.61 Å². The number of aliphatic hydroxyl groups excluding tert-OH is 1. The molecule has 1 aromatic rings. The Bertz CT molecular complexity index is 430. The number of carbonyl (C=O) groups excluding carboxylic acids is 1. The van der Waals surface area contributed by atoms with Crippen molar-refractivity contribution in [1.82, 2.24) is 4.90 Å². The number of benzene rings is 1. The van der Waals surface area contributed by atoms with E-state index in [0.717, 1.165) is 10.5 Å². The van der Waals surface area contributed by atoms with Crippen molar-refractivity contribution in [3.8, 4) is 0 Å². The van der Waals surface area contributed by atoms with Gasteiger partial charge in [0.15, 0.2) is 0 Å². The van der Waals surface area contributed by atoms with E-state index in [4.69, 9.17) is 10.2 Å². The molecule has 0 aliphatic rings. The number of carbonyl (C=O) groups is 2. The average molecular weight is 252 g/mol. The fraction of sp³-hybridized carbons (Fsp3) is 0.333. The highest BCUT2D eigenvalue weighted by molar-refractivity contribution is 5.95. The van der Waals surface area contributed by atoms with Crippen LogP contribution < -0.4 is 4.90 Å². The summed E-state index contributed by atoms with van der Waals surface area (Å²) in [6.07, 6.45) is -1.15. The zero-order valence-corrected chi connectivity index (χ0v) is 10.3. The molecule has 6 heteroatoms. The monoisotopic (exact) mass is 252 g/mol. The summed E-state index contributed by atoms with van der Waals surface area (Å²) in [4.78, 5) is 24.7. The molecule has 0 saturated carbocycles.